The van der Waals surface area contributed by atoms with Crippen molar-refractivity contribution in [3.8, 4) is 0 Å². The molecule has 6 heteroatoms. The molecule has 2 heterocycles. The first kappa shape index (κ1) is 13.5. The van der Waals surface area contributed by atoms with E-state index in [2.05, 4.69) is 15.4 Å². The summed E-state index contributed by atoms with van der Waals surface area (Å²) in [5, 5.41) is 7.49. The first-order valence-electron chi connectivity index (χ1n) is 7.57. The highest BCUT2D eigenvalue weighted by Crippen LogP contribution is 2.26. The Kier molecular flexibility index (Phi) is 3.50. The topological polar surface area (TPSA) is 85.8 Å². The summed E-state index contributed by atoms with van der Waals surface area (Å²) in [6.07, 6.45) is 6.70. The number of aromatic nitrogens is 3. The summed E-state index contributed by atoms with van der Waals surface area (Å²) in [6, 6.07) is 0.124. The molecule has 1 amide bonds. The van der Waals surface area contributed by atoms with Crippen LogP contribution in [0.1, 0.15) is 50.2 Å². The molecule has 0 radical (unpaired) electrons. The fraction of sp³-hybridized carbons (Fsp3) is 0.786. The normalized spacial score (nSPS) is 25.0. The van der Waals surface area contributed by atoms with Gasteiger partial charge in [0.05, 0.1) is 12.1 Å². The quantitative estimate of drug-likeness (QED) is 0.832. The largest absolute Gasteiger partial charge is 0.350 e. The fourth-order valence-corrected chi connectivity index (χ4v) is 3.29. The van der Waals surface area contributed by atoms with E-state index in [1.165, 1.54) is 6.42 Å². The van der Waals surface area contributed by atoms with Crippen LogP contribution < -0.4 is 11.1 Å². The first-order chi connectivity index (χ1) is 9.57. The molecule has 1 atom stereocenters. The molecule has 1 aliphatic carbocycles. The van der Waals surface area contributed by atoms with Gasteiger partial charge in [-0.2, -0.15) is 5.10 Å². The molecule has 0 bridgehead atoms. The molecular formula is C14H23N5O. The van der Waals surface area contributed by atoms with Crippen molar-refractivity contribution in [2.75, 3.05) is 0 Å². The van der Waals surface area contributed by atoms with Crippen LogP contribution in [0.4, 0.5) is 0 Å². The Hall–Kier alpha value is -1.43. The van der Waals surface area contributed by atoms with E-state index in [1.54, 1.807) is 0 Å². The average molecular weight is 277 g/mol. The van der Waals surface area contributed by atoms with Gasteiger partial charge in [0.15, 0.2) is 0 Å². The highest BCUT2D eigenvalue weighted by atomic mass is 16.2. The lowest BCUT2D eigenvalue weighted by Gasteiger charge is -2.34. The monoisotopic (exact) mass is 277 g/mol. The molecular weight excluding hydrogens is 254 g/mol. The number of carbonyl (C=O) groups is 1. The van der Waals surface area contributed by atoms with Gasteiger partial charge < -0.3 is 11.1 Å². The first-order valence-corrected chi connectivity index (χ1v) is 7.57. The predicted molar refractivity (Wildman–Crippen MR) is 75.0 cm³/mol. The summed E-state index contributed by atoms with van der Waals surface area (Å²) in [7, 11) is 0. The fourth-order valence-electron chi connectivity index (χ4n) is 3.29. The summed E-state index contributed by atoms with van der Waals surface area (Å²) >= 11 is 0. The Morgan fingerprint density at radius 1 is 1.40 bits per heavy atom. The van der Waals surface area contributed by atoms with Gasteiger partial charge in [0.2, 0.25) is 5.91 Å². The lowest BCUT2D eigenvalue weighted by Crippen LogP contribution is -2.58. The SMILES string of the molecule is Cc1nc2n(n1)CC(NC(=O)C1(N)CCCCC1)CC2. The lowest BCUT2D eigenvalue weighted by atomic mass is 9.81. The zero-order valence-electron chi connectivity index (χ0n) is 12.1. The van der Waals surface area contributed by atoms with Crippen molar-refractivity contribution in [3.63, 3.8) is 0 Å². The molecule has 1 fully saturated rings. The van der Waals surface area contributed by atoms with Crippen LogP contribution in [0.5, 0.6) is 0 Å². The molecule has 0 aromatic carbocycles. The third-order valence-corrected chi connectivity index (χ3v) is 4.50. The summed E-state index contributed by atoms with van der Waals surface area (Å²) in [4.78, 5) is 16.8. The van der Waals surface area contributed by atoms with E-state index >= 15 is 0 Å². The van der Waals surface area contributed by atoms with Gasteiger partial charge in [-0.1, -0.05) is 19.3 Å². The maximum absolute atomic E-state index is 12.4. The van der Waals surface area contributed by atoms with Gasteiger partial charge in [0.1, 0.15) is 11.6 Å². The standard InChI is InChI=1S/C14H23N5O/c1-10-16-12-6-5-11(9-19(12)18-10)17-13(20)14(15)7-3-2-4-8-14/h11H,2-9,15H2,1H3,(H,17,20). The van der Waals surface area contributed by atoms with Crippen LogP contribution in [0, 0.1) is 6.92 Å². The third kappa shape index (κ3) is 2.57. The number of nitrogens with two attached hydrogens (primary N) is 1. The lowest BCUT2D eigenvalue weighted by molar-refractivity contribution is -0.128. The van der Waals surface area contributed by atoms with E-state index in [-0.39, 0.29) is 11.9 Å². The van der Waals surface area contributed by atoms with Gasteiger partial charge in [-0.05, 0) is 26.2 Å². The van der Waals surface area contributed by atoms with Crippen molar-refractivity contribution in [1.29, 1.82) is 0 Å². The molecule has 1 aliphatic heterocycles. The van der Waals surface area contributed by atoms with Gasteiger partial charge >= 0.3 is 0 Å². The molecule has 0 saturated heterocycles. The second-order valence-electron chi connectivity index (χ2n) is 6.18. The Labute approximate surface area is 119 Å². The van der Waals surface area contributed by atoms with Crippen molar-refractivity contribution in [2.24, 2.45) is 5.73 Å². The number of nitrogens with one attached hydrogen (secondary N) is 1. The summed E-state index contributed by atoms with van der Waals surface area (Å²) in [5.74, 6) is 1.84. The van der Waals surface area contributed by atoms with Crippen LogP contribution >= 0.6 is 0 Å². The second kappa shape index (κ2) is 5.16. The third-order valence-electron chi connectivity index (χ3n) is 4.50. The van der Waals surface area contributed by atoms with Gasteiger partial charge in [-0.25, -0.2) is 9.67 Å². The van der Waals surface area contributed by atoms with E-state index in [0.717, 1.165) is 50.2 Å². The molecule has 6 nitrogen and oxygen atoms in total. The highest BCUT2D eigenvalue weighted by Gasteiger charge is 2.36. The maximum atomic E-state index is 12.4. The van der Waals surface area contributed by atoms with Crippen LogP contribution in [-0.2, 0) is 17.8 Å². The van der Waals surface area contributed by atoms with E-state index < -0.39 is 5.54 Å². The van der Waals surface area contributed by atoms with Crippen molar-refractivity contribution < 1.29 is 4.79 Å². The number of rotatable bonds is 2. The molecule has 1 unspecified atom stereocenters. The Balaban J connectivity index is 1.63. The predicted octanol–water partition coefficient (Wildman–Crippen LogP) is 0.679. The smallest absolute Gasteiger partial charge is 0.240 e. The minimum Gasteiger partial charge on any atom is -0.350 e. The molecule has 3 rings (SSSR count). The van der Waals surface area contributed by atoms with E-state index in [9.17, 15) is 4.79 Å². The molecule has 3 N–H and O–H groups in total. The molecule has 1 aromatic rings. The zero-order chi connectivity index (χ0) is 14.2. The molecule has 2 aliphatic rings. The Morgan fingerprint density at radius 2 is 2.15 bits per heavy atom. The van der Waals surface area contributed by atoms with Crippen LogP contribution in [0.2, 0.25) is 0 Å². The van der Waals surface area contributed by atoms with E-state index in [0.29, 0.717) is 6.54 Å². The maximum Gasteiger partial charge on any atom is 0.240 e. The minimum absolute atomic E-state index is 0.0162. The van der Waals surface area contributed by atoms with Crippen LogP contribution in [0.3, 0.4) is 0 Å². The summed E-state index contributed by atoms with van der Waals surface area (Å²) < 4.78 is 1.91. The van der Waals surface area contributed by atoms with Gasteiger partial charge in [-0.3, -0.25) is 4.79 Å². The summed E-state index contributed by atoms with van der Waals surface area (Å²) in [6.45, 7) is 2.60. The number of aryl methyl sites for hydroxylation is 2. The highest BCUT2D eigenvalue weighted by molar-refractivity contribution is 5.86. The molecule has 20 heavy (non-hydrogen) atoms. The summed E-state index contributed by atoms with van der Waals surface area (Å²) in [5.41, 5.74) is 5.62. The van der Waals surface area contributed by atoms with Crippen molar-refractivity contribution in [1.82, 2.24) is 20.1 Å². The van der Waals surface area contributed by atoms with Crippen LogP contribution in [0.15, 0.2) is 0 Å². The Bertz CT molecular complexity index is 504. The number of carbonyl (C=O) groups excluding carboxylic acids is 1. The average Bonchev–Trinajstić information content (AvgIpc) is 2.79. The number of hydrogen-bond donors (Lipinski definition) is 2. The molecule has 110 valence electrons. The van der Waals surface area contributed by atoms with Gasteiger partial charge in [0.25, 0.3) is 0 Å². The van der Waals surface area contributed by atoms with Gasteiger partial charge in [-0.15, -0.1) is 0 Å². The van der Waals surface area contributed by atoms with Crippen LogP contribution in [0.25, 0.3) is 0 Å². The Morgan fingerprint density at radius 3 is 2.90 bits per heavy atom. The number of nitrogens with zero attached hydrogens (tertiary/aromatic N) is 3. The molecule has 1 aromatic heterocycles. The second-order valence-corrected chi connectivity index (χ2v) is 6.18. The van der Waals surface area contributed by atoms with Crippen molar-refractivity contribution in [3.05, 3.63) is 11.6 Å². The zero-order valence-corrected chi connectivity index (χ0v) is 12.1. The van der Waals surface area contributed by atoms with E-state index in [4.69, 9.17) is 5.73 Å². The van der Waals surface area contributed by atoms with Gasteiger partial charge in [0, 0.05) is 12.5 Å². The minimum atomic E-state index is -0.656. The molecule has 1 saturated carbocycles. The van der Waals surface area contributed by atoms with Crippen molar-refractivity contribution >= 4 is 5.91 Å². The van der Waals surface area contributed by atoms with E-state index in [1.807, 2.05) is 11.6 Å². The number of hydrogen-bond acceptors (Lipinski definition) is 4. The number of amides is 1. The number of fused-ring (bicyclic) bond motifs is 1. The van der Waals surface area contributed by atoms with Crippen molar-refractivity contribution in [2.45, 2.75) is 70.0 Å². The molecule has 0 spiro atoms. The van der Waals surface area contributed by atoms with Crippen LogP contribution in [-0.4, -0.2) is 32.3 Å².